The van der Waals surface area contributed by atoms with E-state index in [-0.39, 0.29) is 17.1 Å². The zero-order valence-corrected chi connectivity index (χ0v) is 13.1. The molecule has 1 aliphatic rings. The zero-order valence-electron chi connectivity index (χ0n) is 12.3. The summed E-state index contributed by atoms with van der Waals surface area (Å²) in [5.74, 6) is 0.243. The van der Waals surface area contributed by atoms with Crippen LogP contribution in [0, 0.1) is 11.3 Å². The third-order valence-corrected chi connectivity index (χ3v) is 4.79. The van der Waals surface area contributed by atoms with E-state index >= 15 is 0 Å². The van der Waals surface area contributed by atoms with Gasteiger partial charge >= 0.3 is 7.12 Å². The first kappa shape index (κ1) is 14.5. The van der Waals surface area contributed by atoms with Gasteiger partial charge in [-0.2, -0.15) is 5.26 Å². The molecule has 0 amide bonds. The van der Waals surface area contributed by atoms with E-state index in [1.807, 2.05) is 27.7 Å². The molecular formula is C13H19BN2O2S. The number of hydrogen-bond acceptors (Lipinski definition) is 5. The first-order chi connectivity index (χ1) is 8.68. The van der Waals surface area contributed by atoms with Crippen LogP contribution in [0.5, 0.6) is 0 Å². The number of nitriles is 1. The first-order valence-electron chi connectivity index (χ1n) is 6.44. The van der Waals surface area contributed by atoms with Gasteiger partial charge < -0.3 is 9.31 Å². The molecule has 1 aromatic rings. The molecule has 0 spiro atoms. The number of nitrogens with zero attached hydrogens (tertiary/aromatic N) is 2. The molecule has 0 unspecified atom stereocenters. The molecule has 0 bridgehead atoms. The van der Waals surface area contributed by atoms with Crippen molar-refractivity contribution < 1.29 is 9.31 Å². The first-order valence-corrected chi connectivity index (χ1v) is 7.26. The van der Waals surface area contributed by atoms with Gasteiger partial charge in [0.2, 0.25) is 0 Å². The largest absolute Gasteiger partial charge is 0.507 e. The molecule has 1 aromatic heterocycles. The Morgan fingerprint density at radius 2 is 1.74 bits per heavy atom. The summed E-state index contributed by atoms with van der Waals surface area (Å²) in [6.07, 6.45) is 0. The average molecular weight is 278 g/mol. The van der Waals surface area contributed by atoms with Gasteiger partial charge in [-0.3, -0.25) is 0 Å². The Morgan fingerprint density at radius 1 is 1.21 bits per heavy atom. The van der Waals surface area contributed by atoms with E-state index in [1.165, 1.54) is 11.3 Å². The second-order valence-corrected chi connectivity index (χ2v) is 7.15. The maximum Gasteiger partial charge on any atom is 0.507 e. The molecule has 2 heterocycles. The maximum atomic E-state index is 9.02. The predicted octanol–water partition coefficient (Wildman–Crippen LogP) is 2.44. The lowest BCUT2D eigenvalue weighted by atomic mass is 9.84. The van der Waals surface area contributed by atoms with Crippen LogP contribution in [0.3, 0.4) is 0 Å². The van der Waals surface area contributed by atoms with Crippen molar-refractivity contribution in [1.29, 1.82) is 5.26 Å². The molecular weight excluding hydrogens is 259 g/mol. The van der Waals surface area contributed by atoms with E-state index in [0.717, 1.165) is 10.5 Å². The van der Waals surface area contributed by atoms with Gasteiger partial charge in [0.05, 0.1) is 21.7 Å². The van der Waals surface area contributed by atoms with Crippen molar-refractivity contribution in [3.63, 3.8) is 0 Å². The van der Waals surface area contributed by atoms with Crippen LogP contribution in [-0.4, -0.2) is 23.3 Å². The summed E-state index contributed by atoms with van der Waals surface area (Å²) < 4.78 is 13.0. The maximum absolute atomic E-state index is 9.02. The lowest BCUT2D eigenvalue weighted by Crippen LogP contribution is -2.41. The standard InChI is InChI=1S/C13H19BN2O2S/c1-8(2)10-11(19-9(7-15)16-10)14-17-12(3,4)13(5,6)18-14/h8H,1-6H3. The molecule has 0 aromatic carbocycles. The SMILES string of the molecule is CC(C)c1nc(C#N)sc1B1OC(C)(C)C(C)(C)O1. The molecule has 0 radical (unpaired) electrons. The van der Waals surface area contributed by atoms with Crippen LogP contribution >= 0.6 is 11.3 Å². The Bertz CT molecular complexity index is 515. The van der Waals surface area contributed by atoms with Crippen molar-refractivity contribution in [3.05, 3.63) is 10.7 Å². The van der Waals surface area contributed by atoms with Crippen LogP contribution in [0.1, 0.15) is 58.2 Å². The van der Waals surface area contributed by atoms with Gasteiger partial charge in [-0.15, -0.1) is 11.3 Å². The van der Waals surface area contributed by atoms with Crippen LogP contribution in [0.4, 0.5) is 0 Å². The molecule has 0 N–H and O–H groups in total. The van der Waals surface area contributed by atoms with Gasteiger partial charge in [0.25, 0.3) is 0 Å². The minimum absolute atomic E-state index is 0.243. The topological polar surface area (TPSA) is 55.1 Å². The molecule has 102 valence electrons. The summed E-state index contributed by atoms with van der Waals surface area (Å²) >= 11 is 1.36. The molecule has 1 saturated heterocycles. The average Bonchev–Trinajstić information content (AvgIpc) is 2.78. The third-order valence-electron chi connectivity index (χ3n) is 3.79. The third kappa shape index (κ3) is 2.43. The van der Waals surface area contributed by atoms with E-state index in [4.69, 9.17) is 14.6 Å². The van der Waals surface area contributed by atoms with Crippen molar-refractivity contribution in [2.24, 2.45) is 0 Å². The fraction of sp³-hybridized carbons (Fsp3) is 0.692. The van der Waals surface area contributed by atoms with Gasteiger partial charge in [-0.05, 0) is 33.6 Å². The molecule has 2 rings (SSSR count). The van der Waals surface area contributed by atoms with E-state index in [2.05, 4.69) is 24.9 Å². The minimum atomic E-state index is -0.429. The van der Waals surface area contributed by atoms with Crippen molar-refractivity contribution in [2.75, 3.05) is 0 Å². The van der Waals surface area contributed by atoms with Crippen molar-refractivity contribution in [1.82, 2.24) is 4.98 Å². The lowest BCUT2D eigenvalue weighted by Gasteiger charge is -2.32. The summed E-state index contributed by atoms with van der Waals surface area (Å²) in [7, 11) is -0.429. The zero-order chi connectivity index (χ0) is 14.4. The Labute approximate surface area is 118 Å². The monoisotopic (exact) mass is 278 g/mol. The second-order valence-electron chi connectivity index (χ2n) is 6.12. The van der Waals surface area contributed by atoms with Gasteiger partial charge in [0.1, 0.15) is 6.07 Å². The molecule has 6 heteroatoms. The number of thiazole rings is 1. The fourth-order valence-electron chi connectivity index (χ4n) is 1.92. The van der Waals surface area contributed by atoms with E-state index < -0.39 is 7.12 Å². The highest BCUT2D eigenvalue weighted by Crippen LogP contribution is 2.37. The smallest absolute Gasteiger partial charge is 0.399 e. The minimum Gasteiger partial charge on any atom is -0.399 e. The number of aromatic nitrogens is 1. The summed E-state index contributed by atoms with van der Waals surface area (Å²) in [4.78, 5) is 4.37. The highest BCUT2D eigenvalue weighted by molar-refractivity contribution is 7.22. The Kier molecular flexibility index (Phi) is 3.50. The highest BCUT2D eigenvalue weighted by Gasteiger charge is 2.53. The highest BCUT2D eigenvalue weighted by atomic mass is 32.1. The van der Waals surface area contributed by atoms with Crippen LogP contribution < -0.4 is 4.78 Å². The van der Waals surface area contributed by atoms with Crippen molar-refractivity contribution >= 4 is 23.2 Å². The van der Waals surface area contributed by atoms with Crippen molar-refractivity contribution in [2.45, 2.75) is 58.7 Å². The van der Waals surface area contributed by atoms with Crippen LogP contribution in [0.2, 0.25) is 0 Å². The van der Waals surface area contributed by atoms with E-state index in [1.54, 1.807) is 0 Å². The summed E-state index contributed by atoms with van der Waals surface area (Å²) in [5.41, 5.74) is 0.158. The van der Waals surface area contributed by atoms with Crippen molar-refractivity contribution in [3.8, 4) is 6.07 Å². The van der Waals surface area contributed by atoms with Gasteiger partial charge in [0, 0.05) is 0 Å². The molecule has 4 nitrogen and oxygen atoms in total. The van der Waals surface area contributed by atoms with Gasteiger partial charge in [0.15, 0.2) is 5.01 Å². The summed E-state index contributed by atoms with van der Waals surface area (Å²) in [6, 6.07) is 2.10. The number of rotatable bonds is 2. The van der Waals surface area contributed by atoms with Crippen LogP contribution in [-0.2, 0) is 9.31 Å². The van der Waals surface area contributed by atoms with E-state index in [0.29, 0.717) is 5.01 Å². The van der Waals surface area contributed by atoms with Gasteiger partial charge in [-0.1, -0.05) is 13.8 Å². The van der Waals surface area contributed by atoms with Crippen LogP contribution in [0.15, 0.2) is 0 Å². The fourth-order valence-corrected chi connectivity index (χ4v) is 2.90. The Hall–Kier alpha value is -0.895. The summed E-state index contributed by atoms with van der Waals surface area (Å²) in [5, 5.41) is 9.49. The quantitative estimate of drug-likeness (QED) is 0.780. The molecule has 0 saturated carbocycles. The second kappa shape index (κ2) is 4.59. The molecule has 1 aliphatic heterocycles. The lowest BCUT2D eigenvalue weighted by molar-refractivity contribution is 0.00578. The molecule has 0 atom stereocenters. The van der Waals surface area contributed by atoms with Crippen LogP contribution in [0.25, 0.3) is 0 Å². The van der Waals surface area contributed by atoms with E-state index in [9.17, 15) is 0 Å². The Balaban J connectivity index is 2.39. The molecule has 0 aliphatic carbocycles. The Morgan fingerprint density at radius 3 is 2.16 bits per heavy atom. The van der Waals surface area contributed by atoms with Gasteiger partial charge in [-0.25, -0.2) is 4.98 Å². The summed E-state index contributed by atoms with van der Waals surface area (Å²) in [6.45, 7) is 12.2. The normalized spacial score (nSPS) is 20.8. The number of hydrogen-bond donors (Lipinski definition) is 0. The predicted molar refractivity (Wildman–Crippen MR) is 76.6 cm³/mol. The molecule has 1 fully saturated rings. The molecule has 19 heavy (non-hydrogen) atoms.